The molecule has 1 aliphatic heterocycles. The lowest BCUT2D eigenvalue weighted by atomic mass is 10.1. The van der Waals surface area contributed by atoms with Crippen molar-refractivity contribution in [1.82, 2.24) is 9.47 Å². The Bertz CT molecular complexity index is 1180. The van der Waals surface area contributed by atoms with Gasteiger partial charge < -0.3 is 24.3 Å². The van der Waals surface area contributed by atoms with Crippen molar-refractivity contribution in [1.29, 1.82) is 0 Å². The highest BCUT2D eigenvalue weighted by atomic mass is 16.6. The van der Waals surface area contributed by atoms with Gasteiger partial charge in [0, 0.05) is 41.9 Å². The summed E-state index contributed by atoms with van der Waals surface area (Å²) in [5.41, 5.74) is 1.42. The SMILES string of the molecule is CCN(CC)C(=O)Cn1cc(C(=O)C(=O)Nc2ccc3c(c2)OCCO3)c2ccccc21. The second kappa shape index (κ2) is 9.13. The van der Waals surface area contributed by atoms with E-state index in [1.807, 2.05) is 26.0 Å². The molecule has 2 amide bonds. The molecule has 3 aromatic rings. The van der Waals surface area contributed by atoms with Crippen molar-refractivity contribution in [3.05, 3.63) is 54.2 Å². The number of nitrogens with zero attached hydrogens (tertiary/aromatic N) is 2. The molecule has 0 saturated heterocycles. The van der Waals surface area contributed by atoms with Crippen molar-refractivity contribution in [2.75, 3.05) is 31.6 Å². The molecule has 0 unspecified atom stereocenters. The Hall–Kier alpha value is -3.81. The minimum absolute atomic E-state index is 0.0459. The number of hydrogen-bond donors (Lipinski definition) is 1. The number of Topliss-reactive ketones (excluding diaryl/α,β-unsaturated/α-hetero) is 1. The summed E-state index contributed by atoms with van der Waals surface area (Å²) in [5.74, 6) is -0.366. The number of para-hydroxylation sites is 1. The molecule has 0 saturated carbocycles. The number of likely N-dealkylation sites (N-methyl/N-ethyl adjacent to an activating group) is 1. The summed E-state index contributed by atoms with van der Waals surface area (Å²) >= 11 is 0. The number of nitrogens with one attached hydrogen (secondary N) is 1. The molecule has 0 fully saturated rings. The minimum atomic E-state index is -0.764. The van der Waals surface area contributed by atoms with Crippen LogP contribution in [0.5, 0.6) is 11.5 Å². The van der Waals surface area contributed by atoms with Crippen LogP contribution in [0.4, 0.5) is 5.69 Å². The highest BCUT2D eigenvalue weighted by molar-refractivity contribution is 6.48. The van der Waals surface area contributed by atoms with Gasteiger partial charge in [0.25, 0.3) is 11.7 Å². The van der Waals surface area contributed by atoms with Crippen LogP contribution in [0.3, 0.4) is 0 Å². The van der Waals surface area contributed by atoms with Gasteiger partial charge in [0.1, 0.15) is 19.8 Å². The number of carbonyl (C=O) groups is 3. The van der Waals surface area contributed by atoms with E-state index in [4.69, 9.17) is 9.47 Å². The summed E-state index contributed by atoms with van der Waals surface area (Å²) in [6, 6.07) is 12.2. The molecule has 1 aromatic heterocycles. The zero-order chi connectivity index (χ0) is 22.7. The maximum Gasteiger partial charge on any atom is 0.296 e. The molecular weight excluding hydrogens is 410 g/mol. The van der Waals surface area contributed by atoms with Crippen LogP contribution in [0, 0.1) is 0 Å². The summed E-state index contributed by atoms with van der Waals surface area (Å²) < 4.78 is 12.7. The lowest BCUT2D eigenvalue weighted by Crippen LogP contribution is -2.33. The predicted molar refractivity (Wildman–Crippen MR) is 120 cm³/mol. The summed E-state index contributed by atoms with van der Waals surface area (Å²) in [6.45, 7) is 6.06. The van der Waals surface area contributed by atoms with Crippen molar-refractivity contribution in [3.63, 3.8) is 0 Å². The Balaban J connectivity index is 1.58. The Morgan fingerprint density at radius 2 is 1.72 bits per heavy atom. The summed E-state index contributed by atoms with van der Waals surface area (Å²) in [4.78, 5) is 40.1. The van der Waals surface area contributed by atoms with Gasteiger partial charge in [0.15, 0.2) is 11.5 Å². The van der Waals surface area contributed by atoms with E-state index in [0.29, 0.717) is 48.9 Å². The molecule has 8 heteroatoms. The fourth-order valence-electron chi connectivity index (χ4n) is 3.81. The van der Waals surface area contributed by atoms with Crippen molar-refractivity contribution < 1.29 is 23.9 Å². The van der Waals surface area contributed by atoms with Crippen LogP contribution in [0.1, 0.15) is 24.2 Å². The van der Waals surface area contributed by atoms with E-state index in [9.17, 15) is 14.4 Å². The number of rotatable bonds is 7. The molecule has 8 nitrogen and oxygen atoms in total. The molecule has 0 spiro atoms. The average molecular weight is 435 g/mol. The molecule has 0 aliphatic carbocycles. The van der Waals surface area contributed by atoms with Gasteiger partial charge in [-0.25, -0.2) is 0 Å². The van der Waals surface area contributed by atoms with E-state index in [0.717, 1.165) is 5.52 Å². The quantitative estimate of drug-likeness (QED) is 0.455. The summed E-state index contributed by atoms with van der Waals surface area (Å²) in [5, 5.41) is 3.26. The monoisotopic (exact) mass is 435 g/mol. The van der Waals surface area contributed by atoms with E-state index in [1.54, 1.807) is 46.0 Å². The molecule has 1 aliphatic rings. The number of ketones is 1. The van der Waals surface area contributed by atoms with Crippen LogP contribution in [0.15, 0.2) is 48.7 Å². The second-order valence-electron chi connectivity index (χ2n) is 7.40. The number of fused-ring (bicyclic) bond motifs is 2. The maximum absolute atomic E-state index is 13.0. The third-order valence-corrected chi connectivity index (χ3v) is 5.46. The average Bonchev–Trinajstić information content (AvgIpc) is 3.17. The first-order valence-electron chi connectivity index (χ1n) is 10.6. The van der Waals surface area contributed by atoms with Crippen LogP contribution >= 0.6 is 0 Å². The molecule has 0 bridgehead atoms. The molecule has 2 aromatic carbocycles. The number of ether oxygens (including phenoxy) is 2. The van der Waals surface area contributed by atoms with Crippen LogP contribution in [0.2, 0.25) is 0 Å². The molecule has 4 rings (SSSR count). The van der Waals surface area contributed by atoms with E-state index in [2.05, 4.69) is 5.32 Å². The van der Waals surface area contributed by atoms with Gasteiger partial charge in [0.05, 0.1) is 5.56 Å². The van der Waals surface area contributed by atoms with Crippen molar-refractivity contribution in [2.24, 2.45) is 0 Å². The van der Waals surface area contributed by atoms with E-state index >= 15 is 0 Å². The number of benzene rings is 2. The largest absolute Gasteiger partial charge is 0.486 e. The van der Waals surface area contributed by atoms with Gasteiger partial charge in [-0.15, -0.1) is 0 Å². The highest BCUT2D eigenvalue weighted by Gasteiger charge is 2.23. The molecule has 32 heavy (non-hydrogen) atoms. The third-order valence-electron chi connectivity index (χ3n) is 5.46. The van der Waals surface area contributed by atoms with Crippen LogP contribution < -0.4 is 14.8 Å². The molecule has 166 valence electrons. The standard InChI is InChI=1S/C24H25N3O5/c1-3-26(4-2)22(28)15-27-14-18(17-7-5-6-8-19(17)27)23(29)24(30)25-16-9-10-20-21(13-16)32-12-11-31-20/h5-10,13-14H,3-4,11-12,15H2,1-2H3,(H,25,30). The van der Waals surface area contributed by atoms with Gasteiger partial charge >= 0.3 is 0 Å². The molecule has 0 radical (unpaired) electrons. The first-order chi connectivity index (χ1) is 15.5. The number of carbonyl (C=O) groups excluding carboxylic acids is 3. The van der Waals surface area contributed by atoms with E-state index in [-0.39, 0.29) is 18.0 Å². The van der Waals surface area contributed by atoms with Crippen molar-refractivity contribution in [3.8, 4) is 11.5 Å². The number of aromatic nitrogens is 1. The van der Waals surface area contributed by atoms with E-state index in [1.165, 1.54) is 0 Å². The lowest BCUT2D eigenvalue weighted by Gasteiger charge is -2.19. The van der Waals surface area contributed by atoms with Crippen molar-refractivity contribution >= 4 is 34.2 Å². The zero-order valence-electron chi connectivity index (χ0n) is 18.1. The predicted octanol–water partition coefficient (Wildman–Crippen LogP) is 3.10. The molecule has 0 atom stereocenters. The maximum atomic E-state index is 13.0. The number of anilines is 1. The summed E-state index contributed by atoms with van der Waals surface area (Å²) in [7, 11) is 0. The lowest BCUT2D eigenvalue weighted by molar-refractivity contribution is -0.131. The normalized spacial score (nSPS) is 12.4. The summed E-state index contributed by atoms with van der Waals surface area (Å²) in [6.07, 6.45) is 1.58. The van der Waals surface area contributed by atoms with Gasteiger partial charge in [-0.3, -0.25) is 14.4 Å². The fraction of sp³-hybridized carbons (Fsp3) is 0.292. The topological polar surface area (TPSA) is 89.9 Å². The molecular formula is C24H25N3O5. The van der Waals surface area contributed by atoms with Crippen LogP contribution in [-0.2, 0) is 16.1 Å². The number of hydrogen-bond acceptors (Lipinski definition) is 5. The zero-order valence-corrected chi connectivity index (χ0v) is 18.1. The van der Waals surface area contributed by atoms with Gasteiger partial charge in [-0.2, -0.15) is 0 Å². The molecule has 2 heterocycles. The second-order valence-corrected chi connectivity index (χ2v) is 7.40. The minimum Gasteiger partial charge on any atom is -0.486 e. The number of amides is 2. The Labute approximate surface area is 185 Å². The van der Waals surface area contributed by atoms with E-state index < -0.39 is 11.7 Å². The van der Waals surface area contributed by atoms with Crippen LogP contribution in [-0.4, -0.2) is 53.4 Å². The molecule has 1 N–H and O–H groups in total. The van der Waals surface area contributed by atoms with Gasteiger partial charge in [0.2, 0.25) is 5.91 Å². The highest BCUT2D eigenvalue weighted by Crippen LogP contribution is 2.32. The van der Waals surface area contributed by atoms with Gasteiger partial charge in [-0.1, -0.05) is 18.2 Å². The Morgan fingerprint density at radius 1 is 1.00 bits per heavy atom. The third kappa shape index (κ3) is 4.16. The first kappa shape index (κ1) is 21.4. The first-order valence-corrected chi connectivity index (χ1v) is 10.6. The Morgan fingerprint density at radius 3 is 2.47 bits per heavy atom. The van der Waals surface area contributed by atoms with Gasteiger partial charge in [-0.05, 0) is 32.0 Å². The fourth-order valence-corrected chi connectivity index (χ4v) is 3.81. The smallest absolute Gasteiger partial charge is 0.296 e. The Kier molecular flexibility index (Phi) is 6.11. The van der Waals surface area contributed by atoms with Crippen molar-refractivity contribution in [2.45, 2.75) is 20.4 Å². The van der Waals surface area contributed by atoms with Crippen LogP contribution in [0.25, 0.3) is 10.9 Å².